The van der Waals surface area contributed by atoms with Gasteiger partial charge in [0.05, 0.1) is 17.9 Å². The van der Waals surface area contributed by atoms with Gasteiger partial charge in [-0.25, -0.2) is 0 Å². The number of anilines is 1. The monoisotopic (exact) mass is 285 g/mol. The van der Waals surface area contributed by atoms with Gasteiger partial charge in [0.25, 0.3) is 0 Å². The zero-order valence-corrected chi connectivity index (χ0v) is 11.9. The van der Waals surface area contributed by atoms with Gasteiger partial charge in [0.1, 0.15) is 5.75 Å². The van der Waals surface area contributed by atoms with E-state index in [0.29, 0.717) is 12.4 Å². The second-order valence-electron chi connectivity index (χ2n) is 4.27. The first-order valence-electron chi connectivity index (χ1n) is 6.41. The number of hydrogen-bond acceptors (Lipinski definition) is 4. The number of ether oxygens (including phenoxy) is 1. The van der Waals surface area contributed by atoms with Crippen LogP contribution in [-0.2, 0) is 0 Å². The number of nitrogens with two attached hydrogens (primary N) is 1. The van der Waals surface area contributed by atoms with Crippen LogP contribution < -0.4 is 10.5 Å². The molecule has 0 spiro atoms. The van der Waals surface area contributed by atoms with E-state index in [2.05, 4.69) is 10.2 Å². The summed E-state index contributed by atoms with van der Waals surface area (Å²) in [7, 11) is 0. The molecule has 0 aliphatic heterocycles. The number of para-hydroxylation sites is 1. The highest BCUT2D eigenvalue weighted by atomic mass is 32.1. The summed E-state index contributed by atoms with van der Waals surface area (Å²) >= 11 is 1.64. The lowest BCUT2D eigenvalue weighted by atomic mass is 10.1. The van der Waals surface area contributed by atoms with Crippen molar-refractivity contribution in [3.05, 3.63) is 41.8 Å². The number of nitrogens with zero attached hydrogens (tertiary/aromatic N) is 1. The number of hydrogen-bond donors (Lipinski definition) is 2. The molecule has 3 rings (SSSR count). The third kappa shape index (κ3) is 2.16. The fourth-order valence-corrected chi connectivity index (χ4v) is 2.96. The molecule has 1 aromatic carbocycles. The molecule has 0 radical (unpaired) electrons. The van der Waals surface area contributed by atoms with Crippen LogP contribution in [0.4, 0.5) is 5.82 Å². The van der Waals surface area contributed by atoms with E-state index >= 15 is 0 Å². The smallest absolute Gasteiger partial charge is 0.154 e. The molecule has 0 aliphatic carbocycles. The van der Waals surface area contributed by atoms with Crippen molar-refractivity contribution in [3.63, 3.8) is 0 Å². The second-order valence-corrected chi connectivity index (χ2v) is 5.21. The van der Waals surface area contributed by atoms with Gasteiger partial charge < -0.3 is 10.5 Å². The maximum atomic E-state index is 6.02. The molecule has 3 N–H and O–H groups in total. The van der Waals surface area contributed by atoms with Crippen LogP contribution >= 0.6 is 11.3 Å². The van der Waals surface area contributed by atoms with Gasteiger partial charge in [-0.2, -0.15) is 5.10 Å². The minimum Gasteiger partial charge on any atom is -0.493 e. The van der Waals surface area contributed by atoms with E-state index < -0.39 is 0 Å². The van der Waals surface area contributed by atoms with Crippen LogP contribution in [0.15, 0.2) is 41.8 Å². The summed E-state index contributed by atoms with van der Waals surface area (Å²) < 4.78 is 5.69. The molecule has 5 heteroatoms. The Morgan fingerprint density at radius 1 is 1.25 bits per heavy atom. The van der Waals surface area contributed by atoms with Gasteiger partial charge in [-0.1, -0.05) is 18.2 Å². The van der Waals surface area contributed by atoms with E-state index in [1.807, 2.05) is 48.7 Å². The summed E-state index contributed by atoms with van der Waals surface area (Å²) in [5, 5.41) is 9.21. The highest BCUT2D eigenvalue weighted by Gasteiger charge is 2.18. The van der Waals surface area contributed by atoms with Crippen LogP contribution in [0.3, 0.4) is 0 Å². The fraction of sp³-hybridized carbons (Fsp3) is 0.133. The summed E-state index contributed by atoms with van der Waals surface area (Å²) in [6.07, 6.45) is 0. The van der Waals surface area contributed by atoms with E-state index in [1.165, 1.54) is 0 Å². The SMILES string of the molecule is CCOc1ccccc1-c1[nH]nc(N)c1-c1cccs1. The van der Waals surface area contributed by atoms with Gasteiger partial charge >= 0.3 is 0 Å². The number of nitrogen functional groups attached to an aromatic ring is 1. The lowest BCUT2D eigenvalue weighted by Gasteiger charge is -2.09. The maximum absolute atomic E-state index is 6.02. The Kier molecular flexibility index (Phi) is 3.43. The normalized spacial score (nSPS) is 10.7. The van der Waals surface area contributed by atoms with E-state index in [9.17, 15) is 0 Å². The largest absolute Gasteiger partial charge is 0.493 e. The van der Waals surface area contributed by atoms with Crippen molar-refractivity contribution in [2.75, 3.05) is 12.3 Å². The van der Waals surface area contributed by atoms with Crippen molar-refractivity contribution >= 4 is 17.2 Å². The maximum Gasteiger partial charge on any atom is 0.154 e. The molecule has 2 heterocycles. The highest BCUT2D eigenvalue weighted by Crippen LogP contribution is 2.40. The van der Waals surface area contributed by atoms with Gasteiger partial charge in [-0.15, -0.1) is 11.3 Å². The Labute approximate surface area is 121 Å². The molecule has 0 saturated carbocycles. The van der Waals surface area contributed by atoms with E-state index in [4.69, 9.17) is 10.5 Å². The topological polar surface area (TPSA) is 63.9 Å². The zero-order valence-electron chi connectivity index (χ0n) is 11.1. The Bertz CT molecular complexity index is 704. The average molecular weight is 285 g/mol. The molecule has 0 fully saturated rings. The van der Waals surface area contributed by atoms with Crippen LogP contribution in [0, 0.1) is 0 Å². The molecular weight excluding hydrogens is 270 g/mol. The lowest BCUT2D eigenvalue weighted by molar-refractivity contribution is 0.341. The van der Waals surface area contributed by atoms with Crippen molar-refractivity contribution in [1.29, 1.82) is 0 Å². The van der Waals surface area contributed by atoms with E-state index in [-0.39, 0.29) is 0 Å². The standard InChI is InChI=1S/C15H15N3OS/c1-2-19-11-7-4-3-6-10(11)14-13(15(16)18-17-14)12-8-5-9-20-12/h3-9H,2H2,1H3,(H3,16,17,18). The lowest BCUT2D eigenvalue weighted by Crippen LogP contribution is -1.94. The zero-order chi connectivity index (χ0) is 13.9. The molecule has 0 bridgehead atoms. The number of nitrogens with one attached hydrogen (secondary N) is 1. The minimum atomic E-state index is 0.508. The molecule has 102 valence electrons. The predicted octanol–water partition coefficient (Wildman–Crippen LogP) is 3.79. The van der Waals surface area contributed by atoms with Crippen molar-refractivity contribution in [2.24, 2.45) is 0 Å². The predicted molar refractivity (Wildman–Crippen MR) is 82.9 cm³/mol. The molecule has 20 heavy (non-hydrogen) atoms. The van der Waals surface area contributed by atoms with Gasteiger partial charge in [0.15, 0.2) is 5.82 Å². The summed E-state index contributed by atoms with van der Waals surface area (Å²) in [4.78, 5) is 1.09. The quantitative estimate of drug-likeness (QED) is 0.766. The van der Waals surface area contributed by atoms with Gasteiger partial charge in [-0.3, -0.25) is 5.10 Å². The Morgan fingerprint density at radius 3 is 2.85 bits per heavy atom. The van der Waals surface area contributed by atoms with E-state index in [1.54, 1.807) is 11.3 Å². The van der Waals surface area contributed by atoms with Crippen LogP contribution in [0.2, 0.25) is 0 Å². The van der Waals surface area contributed by atoms with Gasteiger partial charge in [-0.05, 0) is 30.5 Å². The number of aromatic amines is 1. The number of H-pyrrole nitrogens is 1. The Hall–Kier alpha value is -2.27. The first-order chi connectivity index (χ1) is 9.81. The first-order valence-corrected chi connectivity index (χ1v) is 7.29. The molecule has 0 unspecified atom stereocenters. The fourth-order valence-electron chi connectivity index (χ4n) is 2.18. The van der Waals surface area contributed by atoms with Gasteiger partial charge in [0, 0.05) is 10.4 Å². The molecule has 3 aromatic rings. The third-order valence-electron chi connectivity index (χ3n) is 3.02. The Morgan fingerprint density at radius 2 is 2.10 bits per heavy atom. The molecule has 0 amide bonds. The van der Waals surface area contributed by atoms with Gasteiger partial charge in [0.2, 0.25) is 0 Å². The third-order valence-corrected chi connectivity index (χ3v) is 3.91. The van der Waals surface area contributed by atoms with E-state index in [0.717, 1.165) is 27.4 Å². The molecule has 4 nitrogen and oxygen atoms in total. The molecule has 2 aromatic heterocycles. The first kappa shape index (κ1) is 12.7. The molecular formula is C15H15N3OS. The second kappa shape index (κ2) is 5.38. The number of rotatable bonds is 4. The summed E-state index contributed by atoms with van der Waals surface area (Å²) in [6, 6.07) is 11.9. The van der Waals surface area contributed by atoms with Crippen LogP contribution in [0.25, 0.3) is 21.7 Å². The summed E-state index contributed by atoms with van der Waals surface area (Å²) in [6.45, 7) is 2.59. The van der Waals surface area contributed by atoms with Crippen molar-refractivity contribution in [3.8, 4) is 27.4 Å². The average Bonchev–Trinajstić information content (AvgIpc) is 3.09. The van der Waals surface area contributed by atoms with Crippen molar-refractivity contribution < 1.29 is 4.74 Å². The molecule has 0 atom stereocenters. The summed E-state index contributed by atoms with van der Waals surface area (Å²) in [5.41, 5.74) is 8.83. The van der Waals surface area contributed by atoms with Crippen LogP contribution in [0.5, 0.6) is 5.75 Å². The number of thiophene rings is 1. The number of aromatic nitrogens is 2. The molecule has 0 aliphatic rings. The van der Waals surface area contributed by atoms with Crippen molar-refractivity contribution in [1.82, 2.24) is 10.2 Å². The minimum absolute atomic E-state index is 0.508. The number of benzene rings is 1. The summed E-state index contributed by atoms with van der Waals surface area (Å²) in [5.74, 6) is 1.34. The Balaban J connectivity index is 2.17. The van der Waals surface area contributed by atoms with Crippen molar-refractivity contribution in [2.45, 2.75) is 6.92 Å². The van der Waals surface area contributed by atoms with Crippen LogP contribution in [-0.4, -0.2) is 16.8 Å². The highest BCUT2D eigenvalue weighted by molar-refractivity contribution is 7.13. The van der Waals surface area contributed by atoms with Crippen LogP contribution in [0.1, 0.15) is 6.92 Å². The molecule has 0 saturated heterocycles.